The van der Waals surface area contributed by atoms with Crippen LogP contribution >= 0.6 is 0 Å². The fraction of sp³-hybridized carbons (Fsp3) is 0.786. The SMILES string of the molecule is CCn1cc(C2(N)CCCC(C(C)C)C2)cn1. The van der Waals surface area contributed by atoms with Crippen molar-refractivity contribution in [2.24, 2.45) is 17.6 Å². The molecule has 1 aliphatic carbocycles. The zero-order valence-corrected chi connectivity index (χ0v) is 11.3. The number of aryl methyl sites for hydroxylation is 1. The van der Waals surface area contributed by atoms with Crippen LogP contribution in [0.2, 0.25) is 0 Å². The molecule has 96 valence electrons. The molecule has 17 heavy (non-hydrogen) atoms. The van der Waals surface area contributed by atoms with Gasteiger partial charge in [-0.25, -0.2) is 0 Å². The first kappa shape index (κ1) is 12.6. The summed E-state index contributed by atoms with van der Waals surface area (Å²) in [4.78, 5) is 0. The largest absolute Gasteiger partial charge is 0.321 e. The van der Waals surface area contributed by atoms with E-state index in [1.54, 1.807) is 0 Å². The van der Waals surface area contributed by atoms with Crippen LogP contribution in [-0.2, 0) is 12.1 Å². The summed E-state index contributed by atoms with van der Waals surface area (Å²) in [6.07, 6.45) is 8.88. The Kier molecular flexibility index (Phi) is 3.57. The Morgan fingerprint density at radius 2 is 2.35 bits per heavy atom. The lowest BCUT2D eigenvalue weighted by Gasteiger charge is -2.39. The number of hydrogen-bond acceptors (Lipinski definition) is 2. The smallest absolute Gasteiger partial charge is 0.0540 e. The first-order chi connectivity index (χ1) is 8.05. The van der Waals surface area contributed by atoms with Crippen LogP contribution in [0.4, 0.5) is 0 Å². The lowest BCUT2D eigenvalue weighted by atomic mass is 9.70. The summed E-state index contributed by atoms with van der Waals surface area (Å²) < 4.78 is 1.98. The second kappa shape index (κ2) is 4.81. The molecule has 2 rings (SSSR count). The van der Waals surface area contributed by atoms with Crippen molar-refractivity contribution < 1.29 is 0 Å². The highest BCUT2D eigenvalue weighted by Gasteiger charge is 2.36. The van der Waals surface area contributed by atoms with Crippen molar-refractivity contribution in [3.63, 3.8) is 0 Å². The van der Waals surface area contributed by atoms with E-state index in [-0.39, 0.29) is 5.54 Å². The summed E-state index contributed by atoms with van der Waals surface area (Å²) in [7, 11) is 0. The third kappa shape index (κ3) is 2.54. The van der Waals surface area contributed by atoms with E-state index in [2.05, 4.69) is 32.1 Å². The number of aromatic nitrogens is 2. The van der Waals surface area contributed by atoms with Gasteiger partial charge in [0.05, 0.1) is 6.20 Å². The molecule has 0 aromatic carbocycles. The highest BCUT2D eigenvalue weighted by molar-refractivity contribution is 5.18. The van der Waals surface area contributed by atoms with E-state index >= 15 is 0 Å². The van der Waals surface area contributed by atoms with Gasteiger partial charge in [0.15, 0.2) is 0 Å². The van der Waals surface area contributed by atoms with Crippen LogP contribution in [-0.4, -0.2) is 9.78 Å². The van der Waals surface area contributed by atoms with E-state index in [9.17, 15) is 0 Å². The molecule has 0 saturated heterocycles. The van der Waals surface area contributed by atoms with E-state index in [4.69, 9.17) is 5.73 Å². The molecular weight excluding hydrogens is 210 g/mol. The maximum Gasteiger partial charge on any atom is 0.0540 e. The molecule has 1 aromatic rings. The molecule has 0 amide bonds. The average molecular weight is 235 g/mol. The third-order valence-electron chi connectivity index (χ3n) is 4.30. The predicted molar refractivity (Wildman–Crippen MR) is 70.6 cm³/mol. The molecule has 2 atom stereocenters. The van der Waals surface area contributed by atoms with E-state index < -0.39 is 0 Å². The van der Waals surface area contributed by atoms with Gasteiger partial charge in [-0.1, -0.05) is 26.7 Å². The van der Waals surface area contributed by atoms with E-state index in [1.807, 2.05) is 10.9 Å². The van der Waals surface area contributed by atoms with Crippen molar-refractivity contribution in [3.8, 4) is 0 Å². The Hall–Kier alpha value is -0.830. The molecule has 1 aromatic heterocycles. The van der Waals surface area contributed by atoms with Gasteiger partial charge in [-0.2, -0.15) is 5.10 Å². The second-order valence-electron chi connectivity index (χ2n) is 5.84. The van der Waals surface area contributed by atoms with Gasteiger partial charge in [-0.3, -0.25) is 4.68 Å². The van der Waals surface area contributed by atoms with Crippen molar-refractivity contribution in [2.45, 2.75) is 58.5 Å². The van der Waals surface area contributed by atoms with Gasteiger partial charge in [-0.15, -0.1) is 0 Å². The van der Waals surface area contributed by atoms with Crippen LogP contribution in [0.1, 0.15) is 52.0 Å². The third-order valence-corrected chi connectivity index (χ3v) is 4.30. The summed E-state index contributed by atoms with van der Waals surface area (Å²) in [6, 6.07) is 0. The molecule has 1 saturated carbocycles. The van der Waals surface area contributed by atoms with E-state index in [0.29, 0.717) is 0 Å². The summed E-state index contributed by atoms with van der Waals surface area (Å²) in [6.45, 7) is 7.65. The monoisotopic (exact) mass is 235 g/mol. The summed E-state index contributed by atoms with van der Waals surface area (Å²) in [5, 5.41) is 4.36. The Morgan fingerprint density at radius 3 is 2.94 bits per heavy atom. The van der Waals surface area contributed by atoms with Gasteiger partial charge < -0.3 is 5.73 Å². The van der Waals surface area contributed by atoms with Crippen molar-refractivity contribution in [1.82, 2.24) is 9.78 Å². The molecule has 1 aliphatic rings. The average Bonchev–Trinajstić information content (AvgIpc) is 2.78. The first-order valence-electron chi connectivity index (χ1n) is 6.87. The molecule has 0 aliphatic heterocycles. The number of nitrogens with two attached hydrogens (primary N) is 1. The van der Waals surface area contributed by atoms with Crippen LogP contribution in [0, 0.1) is 11.8 Å². The molecule has 2 N–H and O–H groups in total. The maximum absolute atomic E-state index is 6.62. The van der Waals surface area contributed by atoms with Gasteiger partial charge in [0.2, 0.25) is 0 Å². The predicted octanol–water partition coefficient (Wildman–Crippen LogP) is 2.90. The van der Waals surface area contributed by atoms with Gasteiger partial charge in [-0.05, 0) is 31.6 Å². The zero-order valence-electron chi connectivity index (χ0n) is 11.3. The summed E-state index contributed by atoms with van der Waals surface area (Å²) in [5.74, 6) is 1.50. The van der Waals surface area contributed by atoms with Crippen LogP contribution in [0.25, 0.3) is 0 Å². The van der Waals surface area contributed by atoms with Crippen LogP contribution in [0.15, 0.2) is 12.4 Å². The van der Waals surface area contributed by atoms with Crippen molar-refractivity contribution in [1.29, 1.82) is 0 Å². The zero-order chi connectivity index (χ0) is 12.5. The van der Waals surface area contributed by atoms with Crippen molar-refractivity contribution in [2.75, 3.05) is 0 Å². The number of hydrogen-bond donors (Lipinski definition) is 1. The molecule has 1 heterocycles. The first-order valence-corrected chi connectivity index (χ1v) is 6.87. The van der Waals surface area contributed by atoms with Gasteiger partial charge in [0.25, 0.3) is 0 Å². The van der Waals surface area contributed by atoms with Crippen molar-refractivity contribution in [3.05, 3.63) is 18.0 Å². The van der Waals surface area contributed by atoms with Crippen LogP contribution in [0.5, 0.6) is 0 Å². The lowest BCUT2D eigenvalue weighted by Crippen LogP contribution is -2.42. The standard InChI is InChI=1S/C14H25N3/c1-4-17-10-13(9-16-17)14(15)7-5-6-12(8-14)11(2)3/h9-12H,4-8,15H2,1-3H3. The van der Waals surface area contributed by atoms with E-state index in [0.717, 1.165) is 31.2 Å². The quantitative estimate of drug-likeness (QED) is 0.875. The fourth-order valence-electron chi connectivity index (χ4n) is 2.98. The van der Waals surface area contributed by atoms with Gasteiger partial charge in [0, 0.05) is 23.8 Å². The Bertz CT molecular complexity index is 369. The maximum atomic E-state index is 6.62. The fourth-order valence-corrected chi connectivity index (χ4v) is 2.98. The molecule has 0 radical (unpaired) electrons. The van der Waals surface area contributed by atoms with Crippen LogP contribution < -0.4 is 5.73 Å². The summed E-state index contributed by atoms with van der Waals surface area (Å²) >= 11 is 0. The van der Waals surface area contributed by atoms with Gasteiger partial charge in [0.1, 0.15) is 0 Å². The molecule has 0 bridgehead atoms. The molecule has 1 fully saturated rings. The molecule has 3 heteroatoms. The Morgan fingerprint density at radius 1 is 1.59 bits per heavy atom. The van der Waals surface area contributed by atoms with Crippen molar-refractivity contribution >= 4 is 0 Å². The topological polar surface area (TPSA) is 43.8 Å². The number of rotatable bonds is 3. The van der Waals surface area contributed by atoms with E-state index in [1.165, 1.54) is 18.4 Å². The molecule has 3 nitrogen and oxygen atoms in total. The van der Waals surface area contributed by atoms with Crippen LogP contribution in [0.3, 0.4) is 0 Å². The minimum absolute atomic E-state index is 0.138. The Balaban J connectivity index is 2.17. The molecular formula is C14H25N3. The minimum atomic E-state index is -0.138. The lowest BCUT2D eigenvalue weighted by molar-refractivity contribution is 0.184. The normalized spacial score (nSPS) is 29.8. The molecule has 2 unspecified atom stereocenters. The second-order valence-corrected chi connectivity index (χ2v) is 5.84. The number of nitrogens with zero attached hydrogens (tertiary/aromatic N) is 2. The Labute approximate surface area is 104 Å². The highest BCUT2D eigenvalue weighted by atomic mass is 15.3. The summed E-state index contributed by atoms with van der Waals surface area (Å²) in [5.41, 5.74) is 7.71. The minimum Gasteiger partial charge on any atom is -0.321 e. The highest BCUT2D eigenvalue weighted by Crippen LogP contribution is 2.40. The molecule has 0 spiro atoms. The van der Waals surface area contributed by atoms with Gasteiger partial charge >= 0.3 is 0 Å².